The van der Waals surface area contributed by atoms with E-state index in [1.165, 1.54) is 11.1 Å². The normalized spacial score (nSPS) is 10.6. The van der Waals surface area contributed by atoms with Crippen LogP contribution in [-0.2, 0) is 4.79 Å². The van der Waals surface area contributed by atoms with E-state index in [-0.39, 0.29) is 5.91 Å². The van der Waals surface area contributed by atoms with Gasteiger partial charge in [0, 0.05) is 33.9 Å². The third kappa shape index (κ3) is 3.91. The van der Waals surface area contributed by atoms with Crippen molar-refractivity contribution in [3.05, 3.63) is 59.5 Å². The second kappa shape index (κ2) is 7.73. The van der Waals surface area contributed by atoms with Gasteiger partial charge < -0.3 is 5.32 Å². The quantitative estimate of drug-likeness (QED) is 0.573. The van der Waals surface area contributed by atoms with E-state index in [4.69, 9.17) is 4.98 Å². The maximum absolute atomic E-state index is 11.6. The molecule has 0 aliphatic heterocycles. The van der Waals surface area contributed by atoms with Gasteiger partial charge in [0.15, 0.2) is 0 Å². The van der Waals surface area contributed by atoms with Crippen LogP contribution in [-0.4, -0.2) is 16.2 Å². The lowest BCUT2D eigenvalue weighted by Crippen LogP contribution is -2.11. The van der Waals surface area contributed by atoms with Gasteiger partial charge in [0.2, 0.25) is 5.91 Å². The average molecular weight is 401 g/mol. The molecule has 0 fully saturated rings. The molecule has 0 saturated heterocycles. The van der Waals surface area contributed by atoms with E-state index in [0.717, 1.165) is 22.0 Å². The highest BCUT2D eigenvalue weighted by molar-refractivity contribution is 9.09. The van der Waals surface area contributed by atoms with E-state index in [0.29, 0.717) is 11.8 Å². The van der Waals surface area contributed by atoms with Crippen molar-refractivity contribution in [3.63, 3.8) is 0 Å². The molecule has 1 amide bonds. The number of amides is 1. The maximum atomic E-state index is 11.6. The molecular formula is C19H17BrN2OS. The molecule has 122 valence electrons. The van der Waals surface area contributed by atoms with Crippen molar-refractivity contribution in [1.82, 2.24) is 4.98 Å². The van der Waals surface area contributed by atoms with E-state index in [9.17, 15) is 4.79 Å². The molecule has 0 atom stereocenters. The zero-order valence-corrected chi connectivity index (χ0v) is 15.7. The third-order valence-electron chi connectivity index (χ3n) is 3.67. The van der Waals surface area contributed by atoms with Crippen molar-refractivity contribution < 1.29 is 4.79 Å². The number of rotatable bonds is 5. The predicted octanol–water partition coefficient (Wildman–Crippen LogP) is 5.51. The first-order chi connectivity index (χ1) is 11.7. The molecule has 1 heterocycles. The number of nitrogens with one attached hydrogen (secondary N) is 1. The van der Waals surface area contributed by atoms with Gasteiger partial charge in [-0.05, 0) is 24.6 Å². The maximum Gasteiger partial charge on any atom is 0.225 e. The van der Waals surface area contributed by atoms with Gasteiger partial charge in [-0.25, -0.2) is 4.98 Å². The fraction of sp³-hybridized carbons (Fsp3) is 0.158. The number of hydrogen-bond donors (Lipinski definition) is 1. The van der Waals surface area contributed by atoms with Crippen LogP contribution in [0.1, 0.15) is 12.0 Å². The minimum Gasteiger partial charge on any atom is -0.326 e. The zero-order chi connectivity index (χ0) is 16.9. The molecule has 1 aromatic heterocycles. The van der Waals surface area contributed by atoms with E-state index in [1.807, 2.05) is 36.4 Å². The summed E-state index contributed by atoms with van der Waals surface area (Å²) in [5, 5.41) is 6.63. The molecule has 0 unspecified atom stereocenters. The van der Waals surface area contributed by atoms with E-state index in [1.54, 1.807) is 11.3 Å². The summed E-state index contributed by atoms with van der Waals surface area (Å²) in [4.78, 5) is 16.4. The lowest BCUT2D eigenvalue weighted by molar-refractivity contribution is -0.115. The van der Waals surface area contributed by atoms with Crippen molar-refractivity contribution in [1.29, 1.82) is 0 Å². The van der Waals surface area contributed by atoms with E-state index < -0.39 is 0 Å². The van der Waals surface area contributed by atoms with Crippen LogP contribution in [0.5, 0.6) is 0 Å². The lowest BCUT2D eigenvalue weighted by atomic mass is 10.1. The fourth-order valence-corrected chi connectivity index (χ4v) is 3.66. The van der Waals surface area contributed by atoms with Gasteiger partial charge in [-0.1, -0.05) is 52.3 Å². The fourth-order valence-electron chi connectivity index (χ4n) is 2.38. The summed E-state index contributed by atoms with van der Waals surface area (Å²) in [5.74, 6) is 0.00937. The van der Waals surface area contributed by atoms with Crippen LogP contribution in [0.15, 0.2) is 53.9 Å². The molecule has 0 radical (unpaired) electrons. The molecular weight excluding hydrogens is 384 g/mol. The Balaban J connectivity index is 1.78. The summed E-state index contributed by atoms with van der Waals surface area (Å²) in [5.41, 5.74) is 5.20. The molecule has 3 aromatic rings. The number of aryl methyl sites for hydroxylation is 1. The number of carbonyl (C=O) groups is 1. The molecule has 0 saturated carbocycles. The Labute approximate surface area is 153 Å². The molecule has 3 rings (SSSR count). The van der Waals surface area contributed by atoms with Gasteiger partial charge in [0.05, 0.1) is 5.69 Å². The summed E-state index contributed by atoms with van der Waals surface area (Å²) in [7, 11) is 0. The number of anilines is 1. The lowest BCUT2D eigenvalue weighted by Gasteiger charge is -2.05. The highest BCUT2D eigenvalue weighted by Crippen LogP contribution is 2.31. The Bertz CT molecular complexity index is 843. The van der Waals surface area contributed by atoms with Crippen molar-refractivity contribution in [2.45, 2.75) is 13.3 Å². The second-order valence-electron chi connectivity index (χ2n) is 5.42. The summed E-state index contributed by atoms with van der Waals surface area (Å²) >= 11 is 4.91. The Morgan fingerprint density at radius 3 is 2.62 bits per heavy atom. The summed E-state index contributed by atoms with van der Waals surface area (Å²) in [6.07, 6.45) is 0.466. The minimum absolute atomic E-state index is 0.00937. The predicted molar refractivity (Wildman–Crippen MR) is 105 cm³/mol. The Morgan fingerprint density at radius 1 is 1.17 bits per heavy atom. The molecule has 0 aliphatic rings. The van der Waals surface area contributed by atoms with Gasteiger partial charge >= 0.3 is 0 Å². The molecule has 24 heavy (non-hydrogen) atoms. The van der Waals surface area contributed by atoms with Gasteiger partial charge in [0.25, 0.3) is 0 Å². The number of nitrogens with zero attached hydrogens (tertiary/aromatic N) is 1. The zero-order valence-electron chi connectivity index (χ0n) is 13.3. The minimum atomic E-state index is 0.00937. The standard InChI is InChI=1S/C19H17BrN2OS/c1-13-4-2-3-5-16(13)19-22-17(12-24-19)14-6-8-15(9-7-14)21-18(23)10-11-20/h2-9,12H,10-11H2,1H3,(H,21,23). The number of halogens is 1. The molecule has 1 N–H and O–H groups in total. The molecule has 2 aromatic carbocycles. The van der Waals surface area contributed by atoms with Crippen molar-refractivity contribution in [2.75, 3.05) is 10.6 Å². The third-order valence-corrected chi connectivity index (χ3v) is 4.94. The Hall–Kier alpha value is -1.98. The number of hydrogen-bond acceptors (Lipinski definition) is 3. The van der Waals surface area contributed by atoms with Crippen LogP contribution in [0.25, 0.3) is 21.8 Å². The number of alkyl halides is 1. The van der Waals surface area contributed by atoms with Gasteiger partial charge in [0.1, 0.15) is 5.01 Å². The largest absolute Gasteiger partial charge is 0.326 e. The first kappa shape index (κ1) is 16.9. The van der Waals surface area contributed by atoms with Crippen molar-refractivity contribution in [2.24, 2.45) is 0 Å². The van der Waals surface area contributed by atoms with E-state index >= 15 is 0 Å². The van der Waals surface area contributed by atoms with Crippen molar-refractivity contribution in [3.8, 4) is 21.8 Å². The van der Waals surface area contributed by atoms with Crippen LogP contribution in [0.3, 0.4) is 0 Å². The highest BCUT2D eigenvalue weighted by atomic mass is 79.9. The molecule has 0 spiro atoms. The number of benzene rings is 2. The number of aromatic nitrogens is 1. The summed E-state index contributed by atoms with van der Waals surface area (Å²) in [6.45, 7) is 2.10. The van der Waals surface area contributed by atoms with Gasteiger partial charge in [-0.3, -0.25) is 4.79 Å². The van der Waals surface area contributed by atoms with Crippen LogP contribution in [0.2, 0.25) is 0 Å². The Kier molecular flexibility index (Phi) is 5.43. The number of thiazole rings is 1. The monoisotopic (exact) mass is 400 g/mol. The molecule has 3 nitrogen and oxygen atoms in total. The van der Waals surface area contributed by atoms with Crippen LogP contribution in [0.4, 0.5) is 5.69 Å². The van der Waals surface area contributed by atoms with Crippen LogP contribution >= 0.6 is 27.3 Å². The first-order valence-corrected chi connectivity index (χ1v) is 9.65. The smallest absolute Gasteiger partial charge is 0.225 e. The number of carbonyl (C=O) groups excluding carboxylic acids is 1. The second-order valence-corrected chi connectivity index (χ2v) is 7.07. The summed E-state index contributed by atoms with van der Waals surface area (Å²) in [6, 6.07) is 16.1. The molecule has 0 aliphatic carbocycles. The van der Waals surface area contributed by atoms with Crippen LogP contribution < -0.4 is 5.32 Å². The van der Waals surface area contributed by atoms with Crippen LogP contribution in [0, 0.1) is 6.92 Å². The first-order valence-electron chi connectivity index (χ1n) is 7.65. The Morgan fingerprint density at radius 2 is 1.92 bits per heavy atom. The van der Waals surface area contributed by atoms with Gasteiger partial charge in [-0.15, -0.1) is 11.3 Å². The van der Waals surface area contributed by atoms with Gasteiger partial charge in [-0.2, -0.15) is 0 Å². The van der Waals surface area contributed by atoms with E-state index in [2.05, 4.69) is 45.7 Å². The SMILES string of the molecule is Cc1ccccc1-c1nc(-c2ccc(NC(=O)CCBr)cc2)cs1. The summed E-state index contributed by atoms with van der Waals surface area (Å²) < 4.78 is 0. The molecule has 5 heteroatoms. The topological polar surface area (TPSA) is 42.0 Å². The highest BCUT2D eigenvalue weighted by Gasteiger charge is 2.09. The van der Waals surface area contributed by atoms with Crippen molar-refractivity contribution >= 4 is 38.9 Å². The molecule has 0 bridgehead atoms. The average Bonchev–Trinajstić information content (AvgIpc) is 3.06.